The van der Waals surface area contributed by atoms with Gasteiger partial charge >= 0.3 is 0 Å². The van der Waals surface area contributed by atoms with Crippen molar-refractivity contribution >= 4 is 5.91 Å². The Bertz CT molecular complexity index is 1090. The molecule has 0 atom stereocenters. The molecule has 0 aromatic carbocycles. The Morgan fingerprint density at radius 3 is 2.63 bits per heavy atom. The molecule has 0 spiro atoms. The van der Waals surface area contributed by atoms with Crippen LogP contribution in [-0.2, 0) is 6.54 Å². The minimum atomic E-state index is -0.362. The van der Waals surface area contributed by atoms with Crippen LogP contribution < -0.4 is 10.9 Å². The van der Waals surface area contributed by atoms with Crippen LogP contribution in [0.25, 0.3) is 22.9 Å². The molecule has 4 aromatic rings. The largest absolute Gasteiger partial charge is 0.463 e. The van der Waals surface area contributed by atoms with E-state index in [1.807, 2.05) is 0 Å². The first-order valence-electron chi connectivity index (χ1n) is 8.20. The number of hydrogen-bond donors (Lipinski definition) is 2. The third-order valence-corrected chi connectivity index (χ3v) is 3.85. The number of nitrogens with one attached hydrogen (secondary N) is 2. The second-order valence-corrected chi connectivity index (χ2v) is 5.66. The van der Waals surface area contributed by atoms with E-state index in [-0.39, 0.29) is 30.2 Å². The third kappa shape index (κ3) is 3.56. The molecule has 0 aliphatic heterocycles. The van der Waals surface area contributed by atoms with Gasteiger partial charge in [0, 0.05) is 18.7 Å². The molecule has 0 bridgehead atoms. The zero-order chi connectivity index (χ0) is 18.6. The van der Waals surface area contributed by atoms with E-state index in [9.17, 15) is 9.59 Å². The van der Waals surface area contributed by atoms with Gasteiger partial charge in [0.1, 0.15) is 11.4 Å². The van der Waals surface area contributed by atoms with Gasteiger partial charge in [-0.15, -0.1) is 0 Å². The van der Waals surface area contributed by atoms with E-state index in [0.717, 1.165) is 0 Å². The lowest BCUT2D eigenvalue weighted by molar-refractivity contribution is 0.0946. The fourth-order valence-corrected chi connectivity index (χ4v) is 2.53. The SMILES string of the molecule is O=C(NCCn1nc(-c2ccco2)ccc1=O)c1cc(-c2ccco2)[nH]n1. The Hall–Kier alpha value is -3.88. The van der Waals surface area contributed by atoms with Gasteiger partial charge in [-0.05, 0) is 30.3 Å². The first-order chi connectivity index (χ1) is 13.2. The van der Waals surface area contributed by atoms with Crippen molar-refractivity contribution in [1.82, 2.24) is 25.3 Å². The van der Waals surface area contributed by atoms with Crippen LogP contribution in [0.2, 0.25) is 0 Å². The van der Waals surface area contributed by atoms with Gasteiger partial charge in [0.05, 0.1) is 19.1 Å². The number of carbonyl (C=O) groups excluding carboxylic acids is 1. The smallest absolute Gasteiger partial charge is 0.271 e. The van der Waals surface area contributed by atoms with Gasteiger partial charge < -0.3 is 14.2 Å². The Balaban J connectivity index is 1.39. The van der Waals surface area contributed by atoms with Crippen LogP contribution in [0, 0.1) is 0 Å². The molecule has 2 N–H and O–H groups in total. The first kappa shape index (κ1) is 16.6. The van der Waals surface area contributed by atoms with Crippen LogP contribution in [0.3, 0.4) is 0 Å². The molecular formula is C18H15N5O4. The normalized spacial score (nSPS) is 10.8. The van der Waals surface area contributed by atoms with Gasteiger partial charge in [0.15, 0.2) is 17.2 Å². The Morgan fingerprint density at radius 1 is 1.11 bits per heavy atom. The van der Waals surface area contributed by atoms with Crippen molar-refractivity contribution in [3.63, 3.8) is 0 Å². The van der Waals surface area contributed by atoms with Gasteiger partial charge in [-0.25, -0.2) is 4.68 Å². The fourth-order valence-electron chi connectivity index (χ4n) is 2.53. The van der Waals surface area contributed by atoms with Crippen LogP contribution in [0.15, 0.2) is 68.6 Å². The number of H-pyrrole nitrogens is 1. The van der Waals surface area contributed by atoms with Crippen molar-refractivity contribution < 1.29 is 13.6 Å². The number of nitrogens with zero attached hydrogens (tertiary/aromatic N) is 3. The summed E-state index contributed by atoms with van der Waals surface area (Å²) in [5, 5.41) is 13.7. The summed E-state index contributed by atoms with van der Waals surface area (Å²) in [5.41, 5.74) is 1.11. The van der Waals surface area contributed by atoms with Gasteiger partial charge in [-0.3, -0.25) is 14.7 Å². The number of carbonyl (C=O) groups is 1. The zero-order valence-corrected chi connectivity index (χ0v) is 14.1. The molecule has 0 saturated carbocycles. The van der Waals surface area contributed by atoms with E-state index in [1.165, 1.54) is 23.3 Å². The highest BCUT2D eigenvalue weighted by atomic mass is 16.3. The highest BCUT2D eigenvalue weighted by Crippen LogP contribution is 2.17. The van der Waals surface area contributed by atoms with E-state index < -0.39 is 0 Å². The van der Waals surface area contributed by atoms with Crippen LogP contribution in [0.5, 0.6) is 0 Å². The molecule has 136 valence electrons. The third-order valence-electron chi connectivity index (χ3n) is 3.85. The van der Waals surface area contributed by atoms with Crippen LogP contribution in [0.4, 0.5) is 0 Å². The summed E-state index contributed by atoms with van der Waals surface area (Å²) in [6.07, 6.45) is 3.07. The Kier molecular flexibility index (Phi) is 4.40. The number of aromatic nitrogens is 4. The second kappa shape index (κ2) is 7.16. The quantitative estimate of drug-likeness (QED) is 0.539. The van der Waals surface area contributed by atoms with E-state index >= 15 is 0 Å². The molecule has 9 nitrogen and oxygen atoms in total. The molecule has 0 fully saturated rings. The van der Waals surface area contributed by atoms with Crippen molar-refractivity contribution in [1.29, 1.82) is 0 Å². The minimum absolute atomic E-state index is 0.217. The number of furan rings is 2. The van der Waals surface area contributed by atoms with Gasteiger partial charge in [-0.2, -0.15) is 10.2 Å². The summed E-state index contributed by atoms with van der Waals surface area (Å²) in [6, 6.07) is 11.6. The van der Waals surface area contributed by atoms with Crippen LogP contribution >= 0.6 is 0 Å². The lowest BCUT2D eigenvalue weighted by Gasteiger charge is -2.06. The standard InChI is InChI=1S/C18H15N5O4/c24-17-6-5-12(15-3-1-9-26-15)22-23(17)8-7-19-18(25)14-11-13(20-21-14)16-4-2-10-27-16/h1-6,9-11H,7-8H2,(H,19,25)(H,20,21). The number of aromatic amines is 1. The molecule has 4 heterocycles. The number of rotatable bonds is 6. The molecule has 4 aromatic heterocycles. The van der Waals surface area contributed by atoms with E-state index in [2.05, 4.69) is 20.6 Å². The summed E-state index contributed by atoms with van der Waals surface area (Å²) >= 11 is 0. The summed E-state index contributed by atoms with van der Waals surface area (Å²) in [5.74, 6) is 0.793. The average molecular weight is 365 g/mol. The van der Waals surface area contributed by atoms with Crippen molar-refractivity contribution in [3.8, 4) is 22.9 Å². The molecule has 0 aliphatic rings. The lowest BCUT2D eigenvalue weighted by Crippen LogP contribution is -2.32. The minimum Gasteiger partial charge on any atom is -0.463 e. The van der Waals surface area contributed by atoms with Gasteiger partial charge in [-0.1, -0.05) is 0 Å². The molecule has 9 heteroatoms. The first-order valence-corrected chi connectivity index (χ1v) is 8.20. The summed E-state index contributed by atoms with van der Waals surface area (Å²) in [6.45, 7) is 0.435. The summed E-state index contributed by atoms with van der Waals surface area (Å²) in [7, 11) is 0. The highest BCUT2D eigenvalue weighted by molar-refractivity contribution is 5.93. The summed E-state index contributed by atoms with van der Waals surface area (Å²) < 4.78 is 11.8. The molecule has 0 unspecified atom stereocenters. The predicted molar refractivity (Wildman–Crippen MR) is 94.8 cm³/mol. The molecule has 1 amide bonds. The maximum Gasteiger partial charge on any atom is 0.271 e. The van der Waals surface area contributed by atoms with Gasteiger partial charge in [0.2, 0.25) is 0 Å². The van der Waals surface area contributed by atoms with Crippen molar-refractivity contribution in [2.24, 2.45) is 0 Å². The molecule has 0 saturated heterocycles. The summed E-state index contributed by atoms with van der Waals surface area (Å²) in [4.78, 5) is 24.2. The van der Waals surface area contributed by atoms with Crippen molar-refractivity contribution in [2.75, 3.05) is 6.54 Å². The maximum atomic E-state index is 12.2. The number of amides is 1. The Morgan fingerprint density at radius 2 is 1.89 bits per heavy atom. The zero-order valence-electron chi connectivity index (χ0n) is 14.1. The second-order valence-electron chi connectivity index (χ2n) is 5.66. The average Bonchev–Trinajstić information content (AvgIpc) is 3.43. The molecular weight excluding hydrogens is 350 g/mol. The topological polar surface area (TPSA) is 119 Å². The predicted octanol–water partition coefficient (Wildman–Crippen LogP) is 1.92. The van der Waals surface area contributed by atoms with E-state index in [0.29, 0.717) is 22.9 Å². The molecule has 27 heavy (non-hydrogen) atoms. The molecule has 4 rings (SSSR count). The lowest BCUT2D eigenvalue weighted by atomic mass is 10.3. The van der Waals surface area contributed by atoms with Gasteiger partial charge in [0.25, 0.3) is 11.5 Å². The Labute approximate surface area is 152 Å². The van der Waals surface area contributed by atoms with Crippen LogP contribution in [-0.4, -0.2) is 32.4 Å². The van der Waals surface area contributed by atoms with E-state index in [4.69, 9.17) is 8.83 Å². The molecule has 0 radical (unpaired) electrons. The fraction of sp³-hybridized carbons (Fsp3) is 0.111. The number of hydrogen-bond acceptors (Lipinski definition) is 6. The maximum absolute atomic E-state index is 12.2. The van der Waals surface area contributed by atoms with Crippen LogP contribution in [0.1, 0.15) is 10.5 Å². The van der Waals surface area contributed by atoms with E-state index in [1.54, 1.807) is 36.4 Å². The molecule has 0 aliphatic carbocycles. The monoisotopic (exact) mass is 365 g/mol. The highest BCUT2D eigenvalue weighted by Gasteiger charge is 2.12. The van der Waals surface area contributed by atoms with Crippen molar-refractivity contribution in [2.45, 2.75) is 6.54 Å². The van der Waals surface area contributed by atoms with Crippen molar-refractivity contribution in [3.05, 3.63) is 71.0 Å².